The van der Waals surface area contributed by atoms with Gasteiger partial charge in [0.1, 0.15) is 0 Å². The van der Waals surface area contributed by atoms with Crippen LogP contribution >= 0.6 is 11.6 Å². The van der Waals surface area contributed by atoms with Gasteiger partial charge >= 0.3 is 0 Å². The van der Waals surface area contributed by atoms with Gasteiger partial charge in [0, 0.05) is 23.8 Å². The van der Waals surface area contributed by atoms with E-state index in [1.54, 1.807) is 0 Å². The highest BCUT2D eigenvalue weighted by Crippen LogP contribution is 2.26. The Kier molecular flexibility index (Phi) is 4.27. The van der Waals surface area contributed by atoms with Gasteiger partial charge in [0.15, 0.2) is 0 Å². The van der Waals surface area contributed by atoms with Crippen LogP contribution in [0.2, 0.25) is 5.02 Å². The molecule has 1 fully saturated rings. The van der Waals surface area contributed by atoms with Crippen molar-refractivity contribution >= 4 is 17.3 Å². The van der Waals surface area contributed by atoms with Gasteiger partial charge in [-0.3, -0.25) is 0 Å². The molecule has 0 aliphatic carbocycles. The first-order valence-corrected chi connectivity index (χ1v) is 7.73. The SMILES string of the molecule is Clc1ccc(N2CCC(Cc3ccccc3)CC2)cc1. The maximum absolute atomic E-state index is 5.95. The van der Waals surface area contributed by atoms with E-state index in [1.165, 1.54) is 30.5 Å². The van der Waals surface area contributed by atoms with Crippen LogP contribution in [0.3, 0.4) is 0 Å². The van der Waals surface area contributed by atoms with E-state index in [9.17, 15) is 0 Å². The second-order valence-corrected chi connectivity index (χ2v) is 6.03. The third-order valence-electron chi connectivity index (χ3n) is 4.17. The van der Waals surface area contributed by atoms with Crippen molar-refractivity contribution in [2.24, 2.45) is 5.92 Å². The topological polar surface area (TPSA) is 3.24 Å². The summed E-state index contributed by atoms with van der Waals surface area (Å²) >= 11 is 5.95. The summed E-state index contributed by atoms with van der Waals surface area (Å²) in [5, 5.41) is 0.813. The number of hydrogen-bond acceptors (Lipinski definition) is 1. The molecule has 1 nitrogen and oxygen atoms in total. The van der Waals surface area contributed by atoms with E-state index in [-0.39, 0.29) is 0 Å². The monoisotopic (exact) mass is 285 g/mol. The Labute approximate surface area is 126 Å². The summed E-state index contributed by atoms with van der Waals surface area (Å²) in [4.78, 5) is 2.47. The molecule has 1 saturated heterocycles. The second-order valence-electron chi connectivity index (χ2n) is 5.60. The van der Waals surface area contributed by atoms with E-state index in [0.29, 0.717) is 0 Å². The molecule has 0 aromatic heterocycles. The van der Waals surface area contributed by atoms with Crippen LogP contribution in [0.5, 0.6) is 0 Å². The fourth-order valence-corrected chi connectivity index (χ4v) is 3.12. The molecule has 0 N–H and O–H groups in total. The van der Waals surface area contributed by atoms with Crippen molar-refractivity contribution in [2.45, 2.75) is 19.3 Å². The zero-order chi connectivity index (χ0) is 13.8. The Bertz CT molecular complexity index is 527. The summed E-state index contributed by atoms with van der Waals surface area (Å²) in [6, 6.07) is 19.1. The molecule has 2 heteroatoms. The molecule has 1 aliphatic rings. The minimum absolute atomic E-state index is 0.813. The Balaban J connectivity index is 1.55. The number of halogens is 1. The zero-order valence-electron chi connectivity index (χ0n) is 11.6. The lowest BCUT2D eigenvalue weighted by Crippen LogP contribution is -2.34. The van der Waals surface area contributed by atoms with Gasteiger partial charge in [0.25, 0.3) is 0 Å². The molecule has 1 aliphatic heterocycles. The van der Waals surface area contributed by atoms with Crippen LogP contribution in [-0.4, -0.2) is 13.1 Å². The average Bonchev–Trinajstić information content (AvgIpc) is 2.50. The first-order chi connectivity index (χ1) is 9.81. The third-order valence-corrected chi connectivity index (χ3v) is 4.43. The molecule has 0 atom stereocenters. The van der Waals surface area contributed by atoms with Gasteiger partial charge in [-0.05, 0) is 55.0 Å². The van der Waals surface area contributed by atoms with E-state index < -0.39 is 0 Å². The zero-order valence-corrected chi connectivity index (χ0v) is 12.4. The largest absolute Gasteiger partial charge is 0.372 e. The van der Waals surface area contributed by atoms with Gasteiger partial charge in [-0.25, -0.2) is 0 Å². The van der Waals surface area contributed by atoms with Crippen molar-refractivity contribution in [3.05, 3.63) is 65.2 Å². The maximum atomic E-state index is 5.95. The summed E-state index contributed by atoms with van der Waals surface area (Å²) in [5.41, 5.74) is 2.77. The fraction of sp³-hybridized carbons (Fsp3) is 0.333. The van der Waals surface area contributed by atoms with Gasteiger partial charge in [0.05, 0.1) is 0 Å². The van der Waals surface area contributed by atoms with Gasteiger partial charge in [-0.2, -0.15) is 0 Å². The number of benzene rings is 2. The van der Waals surface area contributed by atoms with Crippen LogP contribution in [0, 0.1) is 5.92 Å². The number of nitrogens with zero attached hydrogens (tertiary/aromatic N) is 1. The van der Waals surface area contributed by atoms with Gasteiger partial charge in [-0.15, -0.1) is 0 Å². The summed E-state index contributed by atoms with van der Waals surface area (Å²) < 4.78 is 0. The number of hydrogen-bond donors (Lipinski definition) is 0. The Morgan fingerprint density at radius 2 is 1.55 bits per heavy atom. The lowest BCUT2D eigenvalue weighted by atomic mass is 9.90. The Morgan fingerprint density at radius 1 is 0.900 bits per heavy atom. The highest BCUT2D eigenvalue weighted by molar-refractivity contribution is 6.30. The van der Waals surface area contributed by atoms with Crippen LogP contribution in [0.4, 0.5) is 5.69 Å². The predicted octanol–water partition coefficient (Wildman–Crippen LogP) is 4.80. The minimum Gasteiger partial charge on any atom is -0.372 e. The predicted molar refractivity (Wildman–Crippen MR) is 86.5 cm³/mol. The number of anilines is 1. The molecule has 0 unspecified atom stereocenters. The first kappa shape index (κ1) is 13.5. The first-order valence-electron chi connectivity index (χ1n) is 7.36. The smallest absolute Gasteiger partial charge is 0.0407 e. The van der Waals surface area contributed by atoms with Crippen molar-refractivity contribution < 1.29 is 0 Å². The normalized spacial score (nSPS) is 16.4. The Hall–Kier alpha value is -1.47. The molecule has 2 aromatic carbocycles. The fourth-order valence-electron chi connectivity index (χ4n) is 2.99. The third kappa shape index (κ3) is 3.34. The standard InChI is InChI=1S/C18H20ClN/c19-17-6-8-18(9-7-17)20-12-10-16(11-13-20)14-15-4-2-1-3-5-15/h1-9,16H,10-14H2. The van der Waals surface area contributed by atoms with Crippen LogP contribution in [-0.2, 0) is 6.42 Å². The molecule has 3 rings (SSSR count). The van der Waals surface area contributed by atoms with E-state index in [0.717, 1.165) is 24.0 Å². The molecule has 0 radical (unpaired) electrons. The van der Waals surface area contributed by atoms with E-state index in [4.69, 9.17) is 11.6 Å². The highest BCUT2D eigenvalue weighted by Gasteiger charge is 2.19. The van der Waals surface area contributed by atoms with Crippen molar-refractivity contribution in [1.29, 1.82) is 0 Å². The van der Waals surface area contributed by atoms with Crippen molar-refractivity contribution in [3.8, 4) is 0 Å². The summed E-state index contributed by atoms with van der Waals surface area (Å²) in [6.45, 7) is 2.30. The van der Waals surface area contributed by atoms with Gasteiger partial charge in [-0.1, -0.05) is 41.9 Å². The Morgan fingerprint density at radius 3 is 2.20 bits per heavy atom. The molecule has 104 valence electrons. The lowest BCUT2D eigenvalue weighted by Gasteiger charge is -2.33. The molecule has 0 spiro atoms. The summed E-state index contributed by atoms with van der Waals surface area (Å²) in [7, 11) is 0. The van der Waals surface area contributed by atoms with Crippen LogP contribution in [0.25, 0.3) is 0 Å². The van der Waals surface area contributed by atoms with Crippen LogP contribution in [0.1, 0.15) is 18.4 Å². The molecule has 2 aromatic rings. The summed E-state index contributed by atoms with van der Waals surface area (Å²) in [5.74, 6) is 0.820. The maximum Gasteiger partial charge on any atom is 0.0407 e. The van der Waals surface area contributed by atoms with Gasteiger partial charge in [0.2, 0.25) is 0 Å². The van der Waals surface area contributed by atoms with Crippen molar-refractivity contribution in [2.75, 3.05) is 18.0 Å². The molecule has 1 heterocycles. The number of rotatable bonds is 3. The average molecular weight is 286 g/mol. The summed E-state index contributed by atoms with van der Waals surface area (Å²) in [6.07, 6.45) is 3.77. The lowest BCUT2D eigenvalue weighted by molar-refractivity contribution is 0.404. The molecule has 0 amide bonds. The molecular formula is C18H20ClN. The number of piperidine rings is 1. The molecular weight excluding hydrogens is 266 g/mol. The molecule has 20 heavy (non-hydrogen) atoms. The molecule has 0 saturated carbocycles. The van der Waals surface area contributed by atoms with Crippen LogP contribution < -0.4 is 4.90 Å². The van der Waals surface area contributed by atoms with E-state index >= 15 is 0 Å². The molecule has 0 bridgehead atoms. The van der Waals surface area contributed by atoms with Crippen molar-refractivity contribution in [1.82, 2.24) is 0 Å². The van der Waals surface area contributed by atoms with Crippen molar-refractivity contribution in [3.63, 3.8) is 0 Å². The highest BCUT2D eigenvalue weighted by atomic mass is 35.5. The van der Waals surface area contributed by atoms with Gasteiger partial charge < -0.3 is 4.90 Å². The van der Waals surface area contributed by atoms with Crippen LogP contribution in [0.15, 0.2) is 54.6 Å². The second kappa shape index (κ2) is 6.32. The van der Waals surface area contributed by atoms with E-state index in [2.05, 4.69) is 47.4 Å². The minimum atomic E-state index is 0.813. The van der Waals surface area contributed by atoms with E-state index in [1.807, 2.05) is 12.1 Å². The quantitative estimate of drug-likeness (QED) is 0.783.